The summed E-state index contributed by atoms with van der Waals surface area (Å²) in [6.07, 6.45) is 1.52. The molecule has 2 rings (SSSR count). The molecular formula is C12H12N4O2S. The van der Waals surface area contributed by atoms with Gasteiger partial charge in [0.2, 0.25) is 10.7 Å². The molecule has 0 bridgehead atoms. The Kier molecular flexibility index (Phi) is 3.86. The van der Waals surface area contributed by atoms with Crippen molar-refractivity contribution in [3.05, 3.63) is 36.0 Å². The topological polar surface area (TPSA) is 68.6 Å². The fourth-order valence-electron chi connectivity index (χ4n) is 1.40. The lowest BCUT2D eigenvalue weighted by Crippen LogP contribution is -2.38. The molecule has 0 saturated heterocycles. The van der Waals surface area contributed by atoms with E-state index in [0.717, 1.165) is 0 Å². The van der Waals surface area contributed by atoms with Crippen molar-refractivity contribution in [2.75, 3.05) is 14.1 Å². The van der Waals surface area contributed by atoms with Gasteiger partial charge < -0.3 is 14.5 Å². The van der Waals surface area contributed by atoms with E-state index in [2.05, 4.69) is 14.8 Å². The maximum Gasteiger partial charge on any atom is 0.300 e. The van der Waals surface area contributed by atoms with E-state index in [-0.39, 0.29) is 10.7 Å². The van der Waals surface area contributed by atoms with Gasteiger partial charge in [0.1, 0.15) is 0 Å². The Morgan fingerprint density at radius 2 is 2.11 bits per heavy atom. The summed E-state index contributed by atoms with van der Waals surface area (Å²) in [5, 5.41) is 15.4. The molecule has 0 amide bonds. The van der Waals surface area contributed by atoms with Crippen molar-refractivity contribution >= 4 is 23.5 Å². The van der Waals surface area contributed by atoms with Crippen LogP contribution in [0.1, 0.15) is 5.69 Å². The first-order valence-corrected chi connectivity index (χ1v) is 5.90. The molecule has 0 saturated carbocycles. The van der Waals surface area contributed by atoms with Crippen LogP contribution in [0.25, 0.3) is 5.69 Å². The highest BCUT2D eigenvalue weighted by Crippen LogP contribution is 2.12. The molecule has 0 N–H and O–H groups in total. The highest BCUT2D eigenvalue weighted by Gasteiger charge is 2.23. The van der Waals surface area contributed by atoms with Crippen molar-refractivity contribution in [3.63, 3.8) is 0 Å². The molecule has 1 aromatic heterocycles. The lowest BCUT2D eigenvalue weighted by molar-refractivity contribution is -0.671. The summed E-state index contributed by atoms with van der Waals surface area (Å²) in [5.41, 5.74) is 0.824. The van der Waals surface area contributed by atoms with E-state index in [0.29, 0.717) is 5.69 Å². The molecule has 19 heavy (non-hydrogen) atoms. The molecule has 0 radical (unpaired) electrons. The molecule has 0 unspecified atom stereocenters. The van der Waals surface area contributed by atoms with E-state index in [9.17, 15) is 5.11 Å². The second kappa shape index (κ2) is 5.57. The van der Waals surface area contributed by atoms with Gasteiger partial charge in [0.25, 0.3) is 5.69 Å². The number of aromatic nitrogens is 2. The van der Waals surface area contributed by atoms with Crippen LogP contribution in [0.4, 0.5) is 0 Å². The fourth-order valence-corrected chi connectivity index (χ4v) is 1.62. The van der Waals surface area contributed by atoms with Gasteiger partial charge in [-0.3, -0.25) is 0 Å². The minimum atomic E-state index is -0.607. The van der Waals surface area contributed by atoms with Gasteiger partial charge in [0, 0.05) is 26.2 Å². The van der Waals surface area contributed by atoms with E-state index in [1.165, 1.54) is 11.0 Å². The van der Waals surface area contributed by atoms with Crippen LogP contribution >= 0.6 is 12.2 Å². The lowest BCUT2D eigenvalue weighted by atomic mass is 10.3. The summed E-state index contributed by atoms with van der Waals surface area (Å²) in [6, 6.07) is 9.12. The molecule has 0 atom stereocenters. The molecule has 0 fully saturated rings. The Balaban J connectivity index is 2.41. The minimum Gasteiger partial charge on any atom is -0.539 e. The first-order chi connectivity index (χ1) is 9.09. The summed E-state index contributed by atoms with van der Waals surface area (Å²) in [4.78, 5) is 5.87. The second-order valence-electron chi connectivity index (χ2n) is 3.97. The summed E-state index contributed by atoms with van der Waals surface area (Å²) >= 11 is 5.12. The molecule has 98 valence electrons. The van der Waals surface area contributed by atoms with Gasteiger partial charge in [-0.15, -0.1) is 0 Å². The predicted molar refractivity (Wildman–Crippen MR) is 71.4 cm³/mol. The summed E-state index contributed by atoms with van der Waals surface area (Å²) in [6.45, 7) is 0. The monoisotopic (exact) mass is 276 g/mol. The van der Waals surface area contributed by atoms with Crippen LogP contribution in [-0.4, -0.2) is 35.6 Å². The SMILES string of the molecule is CN(C)C=NC(=S)c1c([O-])on[n+]1-c1ccccc1. The Morgan fingerprint density at radius 3 is 2.74 bits per heavy atom. The van der Waals surface area contributed by atoms with E-state index in [1.807, 2.05) is 32.3 Å². The maximum absolute atomic E-state index is 11.7. The average molecular weight is 276 g/mol. The largest absolute Gasteiger partial charge is 0.539 e. The zero-order valence-electron chi connectivity index (χ0n) is 10.5. The van der Waals surface area contributed by atoms with Gasteiger partial charge in [0.15, 0.2) is 5.95 Å². The molecular weight excluding hydrogens is 264 g/mol. The first-order valence-electron chi connectivity index (χ1n) is 5.49. The number of hydrogen-bond acceptors (Lipinski definition) is 4. The van der Waals surface area contributed by atoms with Gasteiger partial charge in [0.05, 0.1) is 11.6 Å². The maximum atomic E-state index is 11.7. The highest BCUT2D eigenvalue weighted by atomic mass is 32.1. The zero-order chi connectivity index (χ0) is 13.8. The van der Waals surface area contributed by atoms with Crippen LogP contribution in [0.2, 0.25) is 0 Å². The standard InChI is InChI=1S/C12H12N4O2S/c1-15(2)8-13-11(19)10-12(17)18-14-16(10)9-6-4-3-5-7-9/h3-8H,1-2H3. The van der Waals surface area contributed by atoms with E-state index in [4.69, 9.17) is 12.2 Å². The van der Waals surface area contributed by atoms with Crippen molar-refractivity contribution in [3.8, 4) is 11.6 Å². The Labute approximate surface area is 115 Å². The van der Waals surface area contributed by atoms with E-state index >= 15 is 0 Å². The number of benzene rings is 1. The first kappa shape index (κ1) is 13.2. The number of nitrogens with zero attached hydrogens (tertiary/aromatic N) is 4. The molecule has 1 aromatic carbocycles. The zero-order valence-corrected chi connectivity index (χ0v) is 11.3. The molecule has 1 heterocycles. The number of para-hydroxylation sites is 1. The summed E-state index contributed by atoms with van der Waals surface area (Å²) in [5.74, 6) is -0.607. The van der Waals surface area contributed by atoms with Gasteiger partial charge in [-0.2, -0.15) is 0 Å². The van der Waals surface area contributed by atoms with Crippen molar-refractivity contribution in [1.82, 2.24) is 10.2 Å². The van der Waals surface area contributed by atoms with Crippen LogP contribution in [0.5, 0.6) is 5.95 Å². The average Bonchev–Trinajstić information content (AvgIpc) is 2.79. The molecule has 0 aliphatic heterocycles. The third-order valence-corrected chi connectivity index (χ3v) is 2.52. The number of aliphatic imine (C=N–C) groups is 1. The third kappa shape index (κ3) is 2.94. The van der Waals surface area contributed by atoms with Gasteiger partial charge in [-0.1, -0.05) is 30.4 Å². The fraction of sp³-hybridized carbons (Fsp3) is 0.167. The molecule has 0 aliphatic rings. The predicted octanol–water partition coefficient (Wildman–Crippen LogP) is 0.290. The number of thiocarbonyl (C=S) groups is 1. The van der Waals surface area contributed by atoms with Crippen LogP contribution in [0, 0.1) is 0 Å². The molecule has 6 nitrogen and oxygen atoms in total. The molecule has 7 heteroatoms. The third-order valence-electron chi connectivity index (χ3n) is 2.22. The van der Waals surface area contributed by atoms with Gasteiger partial charge >= 0.3 is 0 Å². The molecule has 2 aromatic rings. The highest BCUT2D eigenvalue weighted by molar-refractivity contribution is 7.80. The smallest absolute Gasteiger partial charge is 0.300 e. The Bertz CT molecular complexity index is 607. The van der Waals surface area contributed by atoms with E-state index in [1.54, 1.807) is 17.0 Å². The van der Waals surface area contributed by atoms with Crippen LogP contribution in [-0.2, 0) is 0 Å². The van der Waals surface area contributed by atoms with E-state index < -0.39 is 5.95 Å². The number of hydrogen-bond donors (Lipinski definition) is 0. The van der Waals surface area contributed by atoms with Crippen molar-refractivity contribution in [1.29, 1.82) is 0 Å². The number of rotatable bonds is 3. The molecule has 0 spiro atoms. The Morgan fingerprint density at radius 1 is 1.42 bits per heavy atom. The normalized spacial score (nSPS) is 10.8. The molecule has 0 aliphatic carbocycles. The van der Waals surface area contributed by atoms with Crippen molar-refractivity contribution in [2.45, 2.75) is 0 Å². The summed E-state index contributed by atoms with van der Waals surface area (Å²) in [7, 11) is 3.62. The minimum absolute atomic E-state index is 0.129. The lowest BCUT2D eigenvalue weighted by Gasteiger charge is -2.01. The summed E-state index contributed by atoms with van der Waals surface area (Å²) < 4.78 is 6.01. The quantitative estimate of drug-likeness (QED) is 0.349. The van der Waals surface area contributed by atoms with Crippen molar-refractivity contribution in [2.24, 2.45) is 4.99 Å². The van der Waals surface area contributed by atoms with Gasteiger partial charge in [-0.05, 0) is 4.68 Å². The van der Waals surface area contributed by atoms with Gasteiger partial charge in [-0.25, -0.2) is 4.99 Å². The van der Waals surface area contributed by atoms with Crippen LogP contribution < -0.4 is 9.79 Å². The van der Waals surface area contributed by atoms with Crippen LogP contribution in [0.3, 0.4) is 0 Å². The Hall–Kier alpha value is -2.28. The van der Waals surface area contributed by atoms with Crippen LogP contribution in [0.15, 0.2) is 39.8 Å². The van der Waals surface area contributed by atoms with Crippen molar-refractivity contribution < 1.29 is 14.3 Å². The second-order valence-corrected chi connectivity index (χ2v) is 4.36.